The van der Waals surface area contributed by atoms with E-state index in [4.69, 9.17) is 0 Å². The SMILES string of the molecule is CCCCC(O)CNCC(=O)c1ccccc1. The average Bonchev–Trinajstić information content (AvgIpc) is 2.37. The largest absolute Gasteiger partial charge is 0.392 e. The highest BCUT2D eigenvalue weighted by Gasteiger charge is 2.06. The molecule has 1 rings (SSSR count). The number of carbonyl (C=O) groups is 1. The first-order valence-corrected chi connectivity index (χ1v) is 6.21. The second-order valence-corrected chi connectivity index (χ2v) is 4.22. The van der Waals surface area contributed by atoms with Gasteiger partial charge in [0.2, 0.25) is 0 Å². The number of ketones is 1. The van der Waals surface area contributed by atoms with Crippen LogP contribution < -0.4 is 5.32 Å². The van der Waals surface area contributed by atoms with E-state index < -0.39 is 0 Å². The van der Waals surface area contributed by atoms with Crippen LogP contribution in [0, 0.1) is 0 Å². The molecule has 1 aromatic carbocycles. The van der Waals surface area contributed by atoms with Crippen LogP contribution in [0.2, 0.25) is 0 Å². The van der Waals surface area contributed by atoms with Gasteiger partial charge in [0.05, 0.1) is 12.6 Å². The van der Waals surface area contributed by atoms with Crippen LogP contribution in [0.3, 0.4) is 0 Å². The molecule has 94 valence electrons. The summed E-state index contributed by atoms with van der Waals surface area (Å²) in [7, 11) is 0. The quantitative estimate of drug-likeness (QED) is 0.678. The number of hydrogen-bond donors (Lipinski definition) is 2. The fourth-order valence-corrected chi connectivity index (χ4v) is 1.62. The number of hydrogen-bond acceptors (Lipinski definition) is 3. The van der Waals surface area contributed by atoms with Crippen molar-refractivity contribution in [3.05, 3.63) is 35.9 Å². The van der Waals surface area contributed by atoms with Crippen LogP contribution in [-0.4, -0.2) is 30.1 Å². The Morgan fingerprint density at radius 3 is 2.71 bits per heavy atom. The first kappa shape index (κ1) is 13.9. The van der Waals surface area contributed by atoms with Crippen LogP contribution >= 0.6 is 0 Å². The van der Waals surface area contributed by atoms with E-state index in [0.717, 1.165) is 19.3 Å². The molecule has 1 aromatic rings. The normalized spacial score (nSPS) is 12.4. The average molecular weight is 235 g/mol. The second-order valence-electron chi connectivity index (χ2n) is 4.22. The summed E-state index contributed by atoms with van der Waals surface area (Å²) in [6, 6.07) is 9.19. The van der Waals surface area contributed by atoms with Gasteiger partial charge in [-0.2, -0.15) is 0 Å². The van der Waals surface area contributed by atoms with Crippen LogP contribution in [0.25, 0.3) is 0 Å². The summed E-state index contributed by atoms with van der Waals surface area (Å²) < 4.78 is 0. The Labute approximate surface area is 103 Å². The highest BCUT2D eigenvalue weighted by atomic mass is 16.3. The van der Waals surface area contributed by atoms with Crippen LogP contribution in [0.15, 0.2) is 30.3 Å². The molecule has 3 heteroatoms. The van der Waals surface area contributed by atoms with E-state index in [1.165, 1.54) is 0 Å². The van der Waals surface area contributed by atoms with E-state index in [2.05, 4.69) is 12.2 Å². The van der Waals surface area contributed by atoms with Gasteiger partial charge in [-0.05, 0) is 6.42 Å². The first-order valence-electron chi connectivity index (χ1n) is 6.21. The maximum absolute atomic E-state index is 11.7. The molecule has 0 aliphatic rings. The lowest BCUT2D eigenvalue weighted by atomic mass is 10.1. The van der Waals surface area contributed by atoms with Crippen molar-refractivity contribution in [2.75, 3.05) is 13.1 Å². The topological polar surface area (TPSA) is 49.3 Å². The van der Waals surface area contributed by atoms with Crippen LogP contribution in [0.1, 0.15) is 36.5 Å². The van der Waals surface area contributed by atoms with Crippen molar-refractivity contribution in [1.82, 2.24) is 5.32 Å². The molecule has 3 nitrogen and oxygen atoms in total. The molecule has 0 fully saturated rings. The Bertz CT molecular complexity index is 324. The molecular formula is C14H21NO2. The highest BCUT2D eigenvalue weighted by molar-refractivity contribution is 5.97. The summed E-state index contributed by atoms with van der Waals surface area (Å²) in [6.07, 6.45) is 2.55. The summed E-state index contributed by atoms with van der Waals surface area (Å²) in [5, 5.41) is 12.6. The van der Waals surface area contributed by atoms with Crippen molar-refractivity contribution < 1.29 is 9.90 Å². The first-order chi connectivity index (χ1) is 8.24. The minimum atomic E-state index is -0.349. The fraction of sp³-hybridized carbons (Fsp3) is 0.500. The second kappa shape index (κ2) is 7.98. The summed E-state index contributed by atoms with van der Waals surface area (Å²) in [5.41, 5.74) is 0.711. The van der Waals surface area contributed by atoms with Crippen molar-refractivity contribution >= 4 is 5.78 Å². The maximum Gasteiger partial charge on any atom is 0.176 e. The standard InChI is InChI=1S/C14H21NO2/c1-2-3-9-13(16)10-15-11-14(17)12-7-5-4-6-8-12/h4-8,13,15-16H,2-3,9-11H2,1H3. The Hall–Kier alpha value is -1.19. The molecule has 0 aliphatic carbocycles. The Morgan fingerprint density at radius 2 is 2.06 bits per heavy atom. The van der Waals surface area contributed by atoms with Crippen LogP contribution in [0.4, 0.5) is 0 Å². The molecule has 1 unspecified atom stereocenters. The lowest BCUT2D eigenvalue weighted by molar-refractivity contribution is 0.0981. The molecule has 0 spiro atoms. The van der Waals surface area contributed by atoms with Crippen molar-refractivity contribution in [2.24, 2.45) is 0 Å². The Balaban J connectivity index is 2.21. The summed E-state index contributed by atoms with van der Waals surface area (Å²) in [6.45, 7) is 2.87. The lowest BCUT2D eigenvalue weighted by Crippen LogP contribution is -2.31. The molecule has 0 amide bonds. The molecular weight excluding hydrogens is 214 g/mol. The van der Waals surface area contributed by atoms with Crippen molar-refractivity contribution in [3.8, 4) is 0 Å². The third kappa shape index (κ3) is 5.61. The number of carbonyl (C=O) groups excluding carboxylic acids is 1. The number of benzene rings is 1. The van der Waals surface area contributed by atoms with Gasteiger partial charge < -0.3 is 10.4 Å². The van der Waals surface area contributed by atoms with Gasteiger partial charge in [-0.3, -0.25) is 4.79 Å². The highest BCUT2D eigenvalue weighted by Crippen LogP contribution is 2.00. The fourth-order valence-electron chi connectivity index (χ4n) is 1.62. The molecule has 1 atom stereocenters. The van der Waals surface area contributed by atoms with Gasteiger partial charge in [0.25, 0.3) is 0 Å². The van der Waals surface area contributed by atoms with E-state index in [9.17, 15) is 9.90 Å². The van der Waals surface area contributed by atoms with Crippen molar-refractivity contribution in [2.45, 2.75) is 32.3 Å². The van der Waals surface area contributed by atoms with Crippen LogP contribution in [-0.2, 0) is 0 Å². The third-order valence-electron chi connectivity index (χ3n) is 2.65. The number of aliphatic hydroxyl groups excluding tert-OH is 1. The minimum Gasteiger partial charge on any atom is -0.392 e. The van der Waals surface area contributed by atoms with Gasteiger partial charge >= 0.3 is 0 Å². The van der Waals surface area contributed by atoms with E-state index in [1.54, 1.807) is 12.1 Å². The number of rotatable bonds is 8. The van der Waals surface area contributed by atoms with Gasteiger partial charge in [0.15, 0.2) is 5.78 Å². The van der Waals surface area contributed by atoms with Gasteiger partial charge in [-0.15, -0.1) is 0 Å². The monoisotopic (exact) mass is 235 g/mol. The summed E-state index contributed by atoms with van der Waals surface area (Å²) >= 11 is 0. The van der Waals surface area contributed by atoms with Crippen molar-refractivity contribution in [1.29, 1.82) is 0 Å². The Morgan fingerprint density at radius 1 is 1.35 bits per heavy atom. The summed E-state index contributed by atoms with van der Waals surface area (Å²) in [4.78, 5) is 11.7. The predicted octanol–water partition coefficient (Wildman–Crippen LogP) is 2.01. The number of nitrogens with one attached hydrogen (secondary N) is 1. The maximum atomic E-state index is 11.7. The van der Waals surface area contributed by atoms with Gasteiger partial charge in [0, 0.05) is 12.1 Å². The minimum absolute atomic E-state index is 0.0632. The molecule has 0 bridgehead atoms. The molecule has 0 aliphatic heterocycles. The molecule has 2 N–H and O–H groups in total. The smallest absolute Gasteiger partial charge is 0.176 e. The molecule has 0 heterocycles. The van der Waals surface area contributed by atoms with Gasteiger partial charge in [-0.25, -0.2) is 0 Å². The zero-order valence-corrected chi connectivity index (χ0v) is 10.4. The van der Waals surface area contributed by atoms with Crippen molar-refractivity contribution in [3.63, 3.8) is 0 Å². The predicted molar refractivity (Wildman–Crippen MR) is 69.2 cm³/mol. The lowest BCUT2D eigenvalue weighted by Gasteiger charge is -2.10. The van der Waals surface area contributed by atoms with Crippen LogP contribution in [0.5, 0.6) is 0 Å². The Kier molecular flexibility index (Phi) is 6.51. The summed E-state index contributed by atoms with van der Waals surface area (Å²) in [5.74, 6) is 0.0632. The van der Waals surface area contributed by atoms with E-state index >= 15 is 0 Å². The van der Waals surface area contributed by atoms with E-state index in [-0.39, 0.29) is 18.4 Å². The number of aliphatic hydroxyl groups is 1. The van der Waals surface area contributed by atoms with Gasteiger partial charge in [0.1, 0.15) is 0 Å². The molecule has 0 radical (unpaired) electrons. The molecule has 17 heavy (non-hydrogen) atoms. The molecule has 0 saturated heterocycles. The number of unbranched alkanes of at least 4 members (excludes halogenated alkanes) is 1. The zero-order chi connectivity index (χ0) is 12.5. The van der Waals surface area contributed by atoms with E-state index in [1.807, 2.05) is 18.2 Å². The molecule has 0 saturated carbocycles. The van der Waals surface area contributed by atoms with Gasteiger partial charge in [-0.1, -0.05) is 50.1 Å². The third-order valence-corrected chi connectivity index (χ3v) is 2.65. The number of Topliss-reactive ketones (excluding diaryl/α,β-unsaturated/α-hetero) is 1. The zero-order valence-electron chi connectivity index (χ0n) is 10.4. The van der Waals surface area contributed by atoms with E-state index in [0.29, 0.717) is 12.1 Å². The molecule has 0 aromatic heterocycles.